The van der Waals surface area contributed by atoms with Crippen molar-refractivity contribution < 1.29 is 0 Å². The smallest absolute Gasteiger partial charge is 0.157 e. The van der Waals surface area contributed by atoms with Gasteiger partial charge < -0.3 is 10.2 Å². The molecule has 0 amide bonds. The molecule has 6 heteroatoms. The van der Waals surface area contributed by atoms with E-state index in [4.69, 9.17) is 11.6 Å². The predicted octanol–water partition coefficient (Wildman–Crippen LogP) is 2.62. The summed E-state index contributed by atoms with van der Waals surface area (Å²) in [5.74, 6) is 0.939. The maximum Gasteiger partial charge on any atom is 0.157 e. The third-order valence-corrected chi connectivity index (χ3v) is 5.05. The molecule has 0 saturated carbocycles. The van der Waals surface area contributed by atoms with E-state index in [1.54, 1.807) is 6.33 Å². The first-order valence-electron chi connectivity index (χ1n) is 7.82. The monoisotopic (exact) mass is 309 g/mol. The van der Waals surface area contributed by atoms with Crippen LogP contribution in [-0.2, 0) is 0 Å². The lowest BCUT2D eigenvalue weighted by Gasteiger charge is -2.32. The molecule has 0 aliphatic carbocycles. The minimum Gasteiger partial charge on any atom is -0.383 e. The molecule has 116 valence electrons. The standard InChI is InChI=1S/C15H24ClN5/c1-10(2)21-11-4-5-12(21)8-20(7-6-11)15-13(17-3)14(16)18-9-19-15/h9-12,17H,4-8H2,1-3H3. The number of anilines is 2. The van der Waals surface area contributed by atoms with Crippen LogP contribution in [0.5, 0.6) is 0 Å². The number of rotatable bonds is 3. The van der Waals surface area contributed by atoms with Crippen LogP contribution >= 0.6 is 11.6 Å². The molecule has 0 spiro atoms. The molecule has 3 heterocycles. The number of halogens is 1. The lowest BCUT2D eigenvalue weighted by atomic mass is 10.1. The third-order valence-electron chi connectivity index (χ3n) is 4.77. The van der Waals surface area contributed by atoms with Gasteiger partial charge in [-0.2, -0.15) is 0 Å². The van der Waals surface area contributed by atoms with Gasteiger partial charge in [-0.15, -0.1) is 0 Å². The van der Waals surface area contributed by atoms with Gasteiger partial charge in [-0.1, -0.05) is 11.6 Å². The van der Waals surface area contributed by atoms with E-state index in [2.05, 4.69) is 38.9 Å². The van der Waals surface area contributed by atoms with Gasteiger partial charge in [0, 0.05) is 38.3 Å². The summed E-state index contributed by atoms with van der Waals surface area (Å²) < 4.78 is 0. The summed E-state index contributed by atoms with van der Waals surface area (Å²) in [5.41, 5.74) is 0.841. The molecule has 2 saturated heterocycles. The van der Waals surface area contributed by atoms with Crippen LogP contribution in [0.15, 0.2) is 6.33 Å². The van der Waals surface area contributed by atoms with Crippen LogP contribution in [0.2, 0.25) is 5.15 Å². The summed E-state index contributed by atoms with van der Waals surface area (Å²) in [7, 11) is 1.87. The van der Waals surface area contributed by atoms with Gasteiger partial charge in [0.1, 0.15) is 12.0 Å². The molecule has 1 aromatic rings. The van der Waals surface area contributed by atoms with Gasteiger partial charge in [-0.25, -0.2) is 9.97 Å². The fourth-order valence-corrected chi connectivity index (χ4v) is 4.18. The molecule has 5 nitrogen and oxygen atoms in total. The zero-order valence-corrected chi connectivity index (χ0v) is 13.8. The number of nitrogens with zero attached hydrogens (tertiary/aromatic N) is 4. The maximum absolute atomic E-state index is 6.20. The second-order valence-corrected chi connectivity index (χ2v) is 6.63. The molecule has 2 aliphatic rings. The van der Waals surface area contributed by atoms with Gasteiger partial charge in [-0.05, 0) is 33.1 Å². The zero-order chi connectivity index (χ0) is 15.0. The summed E-state index contributed by atoms with van der Waals surface area (Å²) in [4.78, 5) is 13.6. The average Bonchev–Trinajstić information content (AvgIpc) is 2.73. The molecular weight excluding hydrogens is 286 g/mol. The van der Waals surface area contributed by atoms with Gasteiger partial charge in [0.05, 0.1) is 0 Å². The summed E-state index contributed by atoms with van der Waals surface area (Å²) in [6.07, 6.45) is 5.37. The average molecular weight is 310 g/mol. The molecule has 2 atom stereocenters. The van der Waals surface area contributed by atoms with Crippen molar-refractivity contribution in [2.45, 2.75) is 51.2 Å². The predicted molar refractivity (Wildman–Crippen MR) is 87.2 cm³/mol. The van der Waals surface area contributed by atoms with Crippen molar-refractivity contribution in [2.24, 2.45) is 0 Å². The second kappa shape index (κ2) is 5.97. The van der Waals surface area contributed by atoms with E-state index in [1.807, 2.05) is 7.05 Å². The van der Waals surface area contributed by atoms with Crippen molar-refractivity contribution in [3.63, 3.8) is 0 Å². The Morgan fingerprint density at radius 3 is 2.71 bits per heavy atom. The molecule has 2 aliphatic heterocycles. The molecule has 0 aromatic carbocycles. The summed E-state index contributed by atoms with van der Waals surface area (Å²) >= 11 is 6.20. The van der Waals surface area contributed by atoms with E-state index in [-0.39, 0.29) is 0 Å². The van der Waals surface area contributed by atoms with E-state index < -0.39 is 0 Å². The number of aromatic nitrogens is 2. The summed E-state index contributed by atoms with van der Waals surface area (Å²) in [6, 6.07) is 1.95. The maximum atomic E-state index is 6.20. The van der Waals surface area contributed by atoms with E-state index in [0.717, 1.165) is 30.6 Å². The second-order valence-electron chi connectivity index (χ2n) is 6.27. The molecule has 1 N–H and O–H groups in total. The van der Waals surface area contributed by atoms with Crippen molar-refractivity contribution in [3.8, 4) is 0 Å². The van der Waals surface area contributed by atoms with Gasteiger partial charge >= 0.3 is 0 Å². The molecule has 3 rings (SSSR count). The molecule has 2 fully saturated rings. The normalized spacial score (nSPS) is 26.2. The van der Waals surface area contributed by atoms with Crippen LogP contribution in [-0.4, -0.2) is 53.1 Å². The number of hydrogen-bond acceptors (Lipinski definition) is 5. The molecule has 2 bridgehead atoms. The van der Waals surface area contributed by atoms with Gasteiger partial charge in [0.15, 0.2) is 11.0 Å². The van der Waals surface area contributed by atoms with E-state index in [1.165, 1.54) is 19.3 Å². The van der Waals surface area contributed by atoms with Crippen molar-refractivity contribution >= 4 is 23.1 Å². The molecular formula is C15H24ClN5. The Balaban J connectivity index is 1.87. The number of hydrogen-bond donors (Lipinski definition) is 1. The fourth-order valence-electron chi connectivity index (χ4n) is 3.96. The van der Waals surface area contributed by atoms with E-state index >= 15 is 0 Å². The SMILES string of the molecule is CNc1c(Cl)ncnc1N1CCC2CCC(C1)N2C(C)C. The van der Waals surface area contributed by atoms with Crippen LogP contribution in [0.1, 0.15) is 33.1 Å². The van der Waals surface area contributed by atoms with Crippen LogP contribution in [0.4, 0.5) is 11.5 Å². The highest BCUT2D eigenvalue weighted by Gasteiger charge is 2.39. The molecule has 2 unspecified atom stereocenters. The topological polar surface area (TPSA) is 44.3 Å². The van der Waals surface area contributed by atoms with Crippen molar-refractivity contribution in [1.82, 2.24) is 14.9 Å². The molecule has 21 heavy (non-hydrogen) atoms. The Labute approximate surface area is 131 Å². The van der Waals surface area contributed by atoms with Crippen LogP contribution < -0.4 is 10.2 Å². The molecule has 0 radical (unpaired) electrons. The largest absolute Gasteiger partial charge is 0.383 e. The van der Waals surface area contributed by atoms with Crippen LogP contribution in [0.3, 0.4) is 0 Å². The fraction of sp³-hybridized carbons (Fsp3) is 0.733. The minimum absolute atomic E-state index is 0.498. The van der Waals surface area contributed by atoms with Crippen molar-refractivity contribution in [3.05, 3.63) is 11.5 Å². The zero-order valence-electron chi connectivity index (χ0n) is 13.0. The van der Waals surface area contributed by atoms with Crippen molar-refractivity contribution in [1.29, 1.82) is 0 Å². The van der Waals surface area contributed by atoms with Gasteiger partial charge in [0.25, 0.3) is 0 Å². The summed E-state index contributed by atoms with van der Waals surface area (Å²) in [6.45, 7) is 6.67. The number of fused-ring (bicyclic) bond motifs is 2. The summed E-state index contributed by atoms with van der Waals surface area (Å²) in [5, 5.41) is 3.65. The first-order chi connectivity index (χ1) is 10.1. The first-order valence-corrected chi connectivity index (χ1v) is 8.20. The Bertz CT molecular complexity index is 507. The Hall–Kier alpha value is -1.07. The van der Waals surface area contributed by atoms with E-state index in [0.29, 0.717) is 17.2 Å². The Kier molecular flexibility index (Phi) is 4.22. The lowest BCUT2D eigenvalue weighted by Crippen LogP contribution is -2.43. The highest BCUT2D eigenvalue weighted by molar-refractivity contribution is 6.32. The minimum atomic E-state index is 0.498. The highest BCUT2D eigenvalue weighted by Crippen LogP contribution is 2.36. The van der Waals surface area contributed by atoms with Crippen LogP contribution in [0, 0.1) is 0 Å². The molecule has 1 aromatic heterocycles. The Morgan fingerprint density at radius 1 is 1.24 bits per heavy atom. The third kappa shape index (κ3) is 2.69. The van der Waals surface area contributed by atoms with E-state index in [9.17, 15) is 0 Å². The van der Waals surface area contributed by atoms with Crippen molar-refractivity contribution in [2.75, 3.05) is 30.4 Å². The highest BCUT2D eigenvalue weighted by atomic mass is 35.5. The van der Waals surface area contributed by atoms with Crippen LogP contribution in [0.25, 0.3) is 0 Å². The van der Waals surface area contributed by atoms with Gasteiger partial charge in [-0.3, -0.25) is 4.90 Å². The number of nitrogens with one attached hydrogen (secondary N) is 1. The first kappa shape index (κ1) is 14.9. The lowest BCUT2D eigenvalue weighted by molar-refractivity contribution is 0.158. The Morgan fingerprint density at radius 2 is 2.00 bits per heavy atom. The van der Waals surface area contributed by atoms with Gasteiger partial charge in [0.2, 0.25) is 0 Å². The quantitative estimate of drug-likeness (QED) is 0.870.